The molecule has 0 unspecified atom stereocenters. The van der Waals surface area contributed by atoms with Crippen LogP contribution in [-0.2, 0) is 6.18 Å². The summed E-state index contributed by atoms with van der Waals surface area (Å²) in [7, 11) is 0. The highest BCUT2D eigenvalue weighted by atomic mass is 19.4. The lowest BCUT2D eigenvalue weighted by atomic mass is 10.2. The first kappa shape index (κ1) is 17.0. The second-order valence-corrected chi connectivity index (χ2v) is 5.91. The van der Waals surface area contributed by atoms with Crippen molar-refractivity contribution in [3.05, 3.63) is 66.2 Å². The molecule has 6 nitrogen and oxygen atoms in total. The number of aromatic nitrogens is 5. The van der Waals surface area contributed by atoms with Gasteiger partial charge in [0.05, 0.1) is 17.1 Å². The van der Waals surface area contributed by atoms with Crippen LogP contribution in [0.5, 0.6) is 0 Å². The zero-order valence-corrected chi connectivity index (χ0v) is 14.1. The molecule has 0 fully saturated rings. The molecule has 0 saturated heterocycles. The molecule has 3 heterocycles. The van der Waals surface area contributed by atoms with E-state index >= 15 is 0 Å². The lowest BCUT2D eigenvalue weighted by molar-refractivity contribution is -0.137. The van der Waals surface area contributed by atoms with Crippen molar-refractivity contribution in [1.29, 1.82) is 0 Å². The SMILES string of the molecule is Cc1ccc(Nc2ncnc3c2cnn3-c2cc(C(F)(F)F)ccn2)cc1. The summed E-state index contributed by atoms with van der Waals surface area (Å²) in [5.41, 5.74) is 1.50. The smallest absolute Gasteiger partial charge is 0.340 e. The van der Waals surface area contributed by atoms with Crippen LogP contribution in [0.25, 0.3) is 16.9 Å². The molecular formula is C18H13F3N6. The van der Waals surface area contributed by atoms with Crippen molar-refractivity contribution in [2.24, 2.45) is 0 Å². The quantitative estimate of drug-likeness (QED) is 0.583. The Morgan fingerprint density at radius 1 is 1.00 bits per heavy atom. The molecule has 0 aliphatic rings. The van der Waals surface area contributed by atoms with Crippen molar-refractivity contribution >= 4 is 22.5 Å². The zero-order chi connectivity index (χ0) is 19.0. The molecule has 1 N–H and O–H groups in total. The number of pyridine rings is 1. The van der Waals surface area contributed by atoms with Crippen LogP contribution in [0.1, 0.15) is 11.1 Å². The van der Waals surface area contributed by atoms with Gasteiger partial charge in [-0.3, -0.25) is 0 Å². The molecule has 4 aromatic rings. The average molecular weight is 370 g/mol. The monoisotopic (exact) mass is 370 g/mol. The van der Waals surface area contributed by atoms with Gasteiger partial charge >= 0.3 is 6.18 Å². The molecule has 3 aromatic heterocycles. The number of benzene rings is 1. The molecule has 27 heavy (non-hydrogen) atoms. The molecule has 0 spiro atoms. The van der Waals surface area contributed by atoms with Crippen LogP contribution in [0.4, 0.5) is 24.7 Å². The van der Waals surface area contributed by atoms with Crippen LogP contribution in [0, 0.1) is 6.92 Å². The average Bonchev–Trinajstić information content (AvgIpc) is 3.08. The third-order valence-corrected chi connectivity index (χ3v) is 3.97. The Labute approximate surface area is 151 Å². The molecule has 0 radical (unpaired) electrons. The van der Waals surface area contributed by atoms with Crippen LogP contribution in [0.3, 0.4) is 0 Å². The van der Waals surface area contributed by atoms with Gasteiger partial charge in [0.15, 0.2) is 11.5 Å². The lowest BCUT2D eigenvalue weighted by Gasteiger charge is -2.09. The highest BCUT2D eigenvalue weighted by Crippen LogP contribution is 2.30. The minimum absolute atomic E-state index is 0.0276. The molecule has 0 aliphatic heterocycles. The molecule has 0 saturated carbocycles. The van der Waals surface area contributed by atoms with E-state index in [1.54, 1.807) is 0 Å². The largest absolute Gasteiger partial charge is 0.416 e. The van der Waals surface area contributed by atoms with Gasteiger partial charge in [0.25, 0.3) is 0 Å². The zero-order valence-electron chi connectivity index (χ0n) is 14.1. The van der Waals surface area contributed by atoms with E-state index < -0.39 is 11.7 Å². The molecule has 0 atom stereocenters. The van der Waals surface area contributed by atoms with E-state index in [-0.39, 0.29) is 5.82 Å². The van der Waals surface area contributed by atoms with E-state index in [0.29, 0.717) is 16.9 Å². The summed E-state index contributed by atoms with van der Waals surface area (Å²) in [4.78, 5) is 12.4. The summed E-state index contributed by atoms with van der Waals surface area (Å²) < 4.78 is 40.2. The van der Waals surface area contributed by atoms with Gasteiger partial charge in [0.1, 0.15) is 12.1 Å². The molecule has 1 aromatic carbocycles. The van der Waals surface area contributed by atoms with Crippen molar-refractivity contribution in [2.75, 3.05) is 5.32 Å². The third kappa shape index (κ3) is 3.31. The summed E-state index contributed by atoms with van der Waals surface area (Å²) in [5, 5.41) is 7.89. The lowest BCUT2D eigenvalue weighted by Crippen LogP contribution is -2.08. The van der Waals surface area contributed by atoms with Crippen LogP contribution < -0.4 is 5.32 Å². The number of aryl methyl sites for hydroxylation is 1. The maximum atomic E-state index is 13.0. The van der Waals surface area contributed by atoms with E-state index in [4.69, 9.17) is 0 Å². The maximum Gasteiger partial charge on any atom is 0.416 e. The maximum absolute atomic E-state index is 13.0. The third-order valence-electron chi connectivity index (χ3n) is 3.97. The van der Waals surface area contributed by atoms with Gasteiger partial charge < -0.3 is 5.32 Å². The van der Waals surface area contributed by atoms with Gasteiger partial charge in [0.2, 0.25) is 0 Å². The number of rotatable bonds is 3. The Balaban J connectivity index is 1.76. The first-order chi connectivity index (χ1) is 12.9. The van der Waals surface area contributed by atoms with Gasteiger partial charge in [-0.25, -0.2) is 15.0 Å². The Morgan fingerprint density at radius 2 is 1.78 bits per heavy atom. The van der Waals surface area contributed by atoms with Crippen molar-refractivity contribution in [1.82, 2.24) is 24.7 Å². The van der Waals surface area contributed by atoms with Gasteiger partial charge in [0, 0.05) is 11.9 Å². The van der Waals surface area contributed by atoms with Crippen molar-refractivity contribution in [2.45, 2.75) is 13.1 Å². The van der Waals surface area contributed by atoms with Gasteiger partial charge in [-0.05, 0) is 31.2 Å². The molecule has 4 rings (SSSR count). The number of nitrogens with zero attached hydrogens (tertiary/aromatic N) is 5. The predicted molar refractivity (Wildman–Crippen MR) is 93.9 cm³/mol. The number of alkyl halides is 3. The van der Waals surface area contributed by atoms with E-state index in [9.17, 15) is 13.2 Å². The van der Waals surface area contributed by atoms with Gasteiger partial charge in [-0.1, -0.05) is 17.7 Å². The minimum Gasteiger partial charge on any atom is -0.340 e. The number of hydrogen-bond donors (Lipinski definition) is 1. The number of fused-ring (bicyclic) bond motifs is 1. The Bertz CT molecular complexity index is 1100. The summed E-state index contributed by atoms with van der Waals surface area (Å²) in [6, 6.07) is 9.56. The summed E-state index contributed by atoms with van der Waals surface area (Å²) in [6.45, 7) is 1.98. The molecule has 0 bridgehead atoms. The second kappa shape index (κ2) is 6.35. The Morgan fingerprint density at radius 3 is 2.52 bits per heavy atom. The fraction of sp³-hybridized carbons (Fsp3) is 0.111. The molecular weight excluding hydrogens is 357 g/mol. The van der Waals surface area contributed by atoms with Gasteiger partial charge in [-0.15, -0.1) is 0 Å². The van der Waals surface area contributed by atoms with Crippen LogP contribution >= 0.6 is 0 Å². The van der Waals surface area contributed by atoms with Crippen LogP contribution in [-0.4, -0.2) is 24.7 Å². The first-order valence-electron chi connectivity index (χ1n) is 7.98. The highest BCUT2D eigenvalue weighted by Gasteiger charge is 2.31. The summed E-state index contributed by atoms with van der Waals surface area (Å²) in [5.74, 6) is 0.530. The van der Waals surface area contributed by atoms with E-state index in [1.807, 2.05) is 31.2 Å². The molecule has 0 amide bonds. The topological polar surface area (TPSA) is 68.5 Å². The van der Waals surface area contributed by atoms with Crippen molar-refractivity contribution < 1.29 is 13.2 Å². The summed E-state index contributed by atoms with van der Waals surface area (Å²) >= 11 is 0. The molecule has 136 valence electrons. The number of halogens is 3. The molecule has 0 aliphatic carbocycles. The van der Waals surface area contributed by atoms with Crippen LogP contribution in [0.2, 0.25) is 0 Å². The normalized spacial score (nSPS) is 11.7. The number of hydrogen-bond acceptors (Lipinski definition) is 5. The minimum atomic E-state index is -4.46. The van der Waals surface area contributed by atoms with Crippen molar-refractivity contribution in [3.63, 3.8) is 0 Å². The highest BCUT2D eigenvalue weighted by molar-refractivity contribution is 5.88. The first-order valence-corrected chi connectivity index (χ1v) is 7.98. The number of nitrogens with one attached hydrogen (secondary N) is 1. The number of anilines is 2. The van der Waals surface area contributed by atoms with E-state index in [1.165, 1.54) is 17.2 Å². The van der Waals surface area contributed by atoms with Crippen molar-refractivity contribution in [3.8, 4) is 5.82 Å². The van der Waals surface area contributed by atoms with E-state index in [0.717, 1.165) is 29.6 Å². The Hall–Kier alpha value is -3.49. The van der Waals surface area contributed by atoms with Crippen LogP contribution in [0.15, 0.2) is 55.1 Å². The van der Waals surface area contributed by atoms with E-state index in [2.05, 4.69) is 25.4 Å². The Kier molecular flexibility index (Phi) is 3.98. The second-order valence-electron chi connectivity index (χ2n) is 5.91. The fourth-order valence-electron chi connectivity index (χ4n) is 2.60. The fourth-order valence-corrected chi connectivity index (χ4v) is 2.60. The molecule has 9 heteroatoms. The standard InChI is InChI=1S/C18H13F3N6/c1-11-2-4-13(5-3-11)26-16-14-9-25-27(17(14)24-10-23-16)15-8-12(6-7-22-15)18(19,20)21/h2-10H,1H3,(H,23,24,26). The summed E-state index contributed by atoms with van der Waals surface area (Å²) in [6.07, 6.45) is -0.551. The van der Waals surface area contributed by atoms with Gasteiger partial charge in [-0.2, -0.15) is 23.0 Å². The predicted octanol–water partition coefficient (Wildman–Crippen LogP) is 4.28.